The molecule has 0 saturated carbocycles. The summed E-state index contributed by atoms with van der Waals surface area (Å²) in [5.41, 5.74) is -0.883. The third kappa shape index (κ3) is 4.58. The lowest BCUT2D eigenvalue weighted by Gasteiger charge is -2.48. The second kappa shape index (κ2) is 9.05. The summed E-state index contributed by atoms with van der Waals surface area (Å²) in [6, 6.07) is 10.6. The zero-order valence-corrected chi connectivity index (χ0v) is 18.8. The van der Waals surface area contributed by atoms with Gasteiger partial charge in [-0.15, -0.1) is 0 Å². The van der Waals surface area contributed by atoms with Crippen molar-refractivity contribution < 1.29 is 32.3 Å². The molecule has 2 aliphatic rings. The maximum absolute atomic E-state index is 13.1. The van der Waals surface area contributed by atoms with Crippen molar-refractivity contribution in [2.75, 3.05) is 24.5 Å². The largest absolute Gasteiger partial charge is 0.416 e. The Balaban J connectivity index is 1.33. The van der Waals surface area contributed by atoms with E-state index in [2.05, 4.69) is 10.6 Å². The molecule has 2 heterocycles. The van der Waals surface area contributed by atoms with E-state index >= 15 is 0 Å². The number of benzene rings is 2. The van der Waals surface area contributed by atoms with Crippen molar-refractivity contribution in [3.63, 3.8) is 0 Å². The average Bonchev–Trinajstić information content (AvgIpc) is 3.14. The normalized spacial score (nSPS) is 19.3. The molecule has 0 radical (unpaired) electrons. The van der Waals surface area contributed by atoms with Crippen LogP contribution in [0.4, 0.5) is 18.9 Å². The lowest BCUT2D eigenvalue weighted by Crippen LogP contribution is -2.64. The van der Waals surface area contributed by atoms with E-state index in [1.165, 1.54) is 4.90 Å². The fraction of sp³-hybridized carbons (Fsp3) is 0.333. The number of nitrogens with one attached hydrogen (secondary N) is 2. The van der Waals surface area contributed by atoms with Crippen LogP contribution in [0.5, 0.6) is 0 Å². The molecule has 184 valence electrons. The van der Waals surface area contributed by atoms with Crippen molar-refractivity contribution in [2.24, 2.45) is 0 Å². The van der Waals surface area contributed by atoms with Crippen molar-refractivity contribution >= 4 is 29.3 Å². The first kappa shape index (κ1) is 24.2. The van der Waals surface area contributed by atoms with Crippen LogP contribution in [-0.4, -0.2) is 53.8 Å². The molecule has 0 bridgehead atoms. The first-order valence-electron chi connectivity index (χ1n) is 11.0. The number of halogens is 3. The van der Waals surface area contributed by atoms with E-state index < -0.39 is 29.2 Å². The maximum Gasteiger partial charge on any atom is 0.416 e. The first-order valence-corrected chi connectivity index (χ1v) is 11.0. The van der Waals surface area contributed by atoms with Crippen LogP contribution >= 0.6 is 0 Å². The molecule has 8 nitrogen and oxygen atoms in total. The molecule has 1 unspecified atom stereocenters. The standard InChI is InChI=1S/C24H23F3N4O4/c1-23-11-10-20(33)31(23)18-5-3-2-4-17(18)22(35)30(23)14-19(32)28-12-13-29-21(34)15-6-8-16(9-7-15)24(25,26)27/h2-9H,10-14H2,1H3,(H,28,32)(H,29,34). The lowest BCUT2D eigenvalue weighted by molar-refractivity contribution is -0.137. The van der Waals surface area contributed by atoms with E-state index in [4.69, 9.17) is 0 Å². The number of nitrogens with zero attached hydrogens (tertiary/aromatic N) is 2. The Labute approximate surface area is 199 Å². The van der Waals surface area contributed by atoms with Gasteiger partial charge in [-0.2, -0.15) is 13.2 Å². The van der Waals surface area contributed by atoms with Gasteiger partial charge in [-0.3, -0.25) is 24.1 Å². The predicted octanol–water partition coefficient (Wildman–Crippen LogP) is 2.55. The number of hydrogen-bond acceptors (Lipinski definition) is 4. The third-order valence-corrected chi connectivity index (χ3v) is 6.25. The molecule has 4 rings (SSSR count). The summed E-state index contributed by atoms with van der Waals surface area (Å²) >= 11 is 0. The highest BCUT2D eigenvalue weighted by atomic mass is 19.4. The number of amides is 4. The minimum atomic E-state index is -4.49. The van der Waals surface area contributed by atoms with E-state index in [0.717, 1.165) is 24.3 Å². The number of para-hydroxylation sites is 1. The molecule has 0 aliphatic carbocycles. The van der Waals surface area contributed by atoms with Crippen LogP contribution < -0.4 is 15.5 Å². The predicted molar refractivity (Wildman–Crippen MR) is 119 cm³/mol. The number of carbonyl (C=O) groups excluding carboxylic acids is 4. The Bertz CT molecular complexity index is 1180. The van der Waals surface area contributed by atoms with Gasteiger partial charge in [-0.05, 0) is 49.7 Å². The van der Waals surface area contributed by atoms with Crippen LogP contribution in [0.3, 0.4) is 0 Å². The van der Waals surface area contributed by atoms with Crippen molar-refractivity contribution in [2.45, 2.75) is 31.6 Å². The van der Waals surface area contributed by atoms with E-state index in [1.54, 1.807) is 36.1 Å². The average molecular weight is 488 g/mol. The van der Waals surface area contributed by atoms with Crippen LogP contribution in [0.1, 0.15) is 46.0 Å². The van der Waals surface area contributed by atoms with Gasteiger partial charge < -0.3 is 15.5 Å². The number of alkyl halides is 3. The van der Waals surface area contributed by atoms with Gasteiger partial charge >= 0.3 is 6.18 Å². The highest BCUT2D eigenvalue weighted by Crippen LogP contribution is 2.43. The molecular weight excluding hydrogens is 465 g/mol. The van der Waals surface area contributed by atoms with Gasteiger partial charge in [0, 0.05) is 25.1 Å². The number of fused-ring (bicyclic) bond motifs is 3. The highest BCUT2D eigenvalue weighted by molar-refractivity contribution is 6.11. The zero-order chi connectivity index (χ0) is 25.4. The van der Waals surface area contributed by atoms with Crippen LogP contribution in [-0.2, 0) is 15.8 Å². The number of hydrogen-bond donors (Lipinski definition) is 2. The van der Waals surface area contributed by atoms with Gasteiger partial charge in [0.25, 0.3) is 11.8 Å². The summed E-state index contributed by atoms with van der Waals surface area (Å²) in [5, 5.41) is 5.14. The lowest BCUT2D eigenvalue weighted by atomic mass is 9.98. The van der Waals surface area contributed by atoms with Gasteiger partial charge in [0.1, 0.15) is 12.2 Å². The second-order valence-electron chi connectivity index (χ2n) is 8.54. The van der Waals surface area contributed by atoms with Crippen LogP contribution in [0, 0.1) is 0 Å². The molecular formula is C24H23F3N4O4. The van der Waals surface area contributed by atoms with Gasteiger partial charge in [0.05, 0.1) is 16.8 Å². The van der Waals surface area contributed by atoms with Gasteiger partial charge in [-0.1, -0.05) is 12.1 Å². The molecule has 1 atom stereocenters. The molecule has 1 saturated heterocycles. The van der Waals surface area contributed by atoms with Gasteiger partial charge in [0.15, 0.2) is 0 Å². The monoisotopic (exact) mass is 488 g/mol. The summed E-state index contributed by atoms with van der Waals surface area (Å²) in [5.74, 6) is -1.52. The number of carbonyl (C=O) groups is 4. The summed E-state index contributed by atoms with van der Waals surface area (Å²) in [6.07, 6.45) is -3.84. The van der Waals surface area contributed by atoms with E-state index in [0.29, 0.717) is 17.7 Å². The maximum atomic E-state index is 13.1. The van der Waals surface area contributed by atoms with Crippen LogP contribution in [0.2, 0.25) is 0 Å². The van der Waals surface area contributed by atoms with E-state index in [1.807, 2.05) is 0 Å². The minimum absolute atomic E-state index is 0.0320. The molecule has 0 aromatic heterocycles. The van der Waals surface area contributed by atoms with Gasteiger partial charge in [0.2, 0.25) is 11.8 Å². The summed E-state index contributed by atoms with van der Waals surface area (Å²) in [7, 11) is 0. The van der Waals surface area contributed by atoms with E-state index in [9.17, 15) is 32.3 Å². The van der Waals surface area contributed by atoms with Crippen molar-refractivity contribution in [1.82, 2.24) is 15.5 Å². The summed E-state index contributed by atoms with van der Waals surface area (Å²) in [4.78, 5) is 53.4. The first-order chi connectivity index (χ1) is 16.5. The Morgan fingerprint density at radius 2 is 1.66 bits per heavy atom. The molecule has 2 aliphatic heterocycles. The molecule has 0 spiro atoms. The Morgan fingerprint density at radius 1 is 1.00 bits per heavy atom. The minimum Gasteiger partial charge on any atom is -0.353 e. The second-order valence-corrected chi connectivity index (χ2v) is 8.54. The SMILES string of the molecule is CC12CCC(=O)N1c1ccccc1C(=O)N2CC(=O)NCCNC(=O)c1ccc(C(F)(F)F)cc1. The van der Waals surface area contributed by atoms with Crippen molar-refractivity contribution in [3.8, 4) is 0 Å². The molecule has 35 heavy (non-hydrogen) atoms. The number of rotatable bonds is 6. The third-order valence-electron chi connectivity index (χ3n) is 6.25. The quantitative estimate of drug-likeness (QED) is 0.611. The molecule has 2 aromatic carbocycles. The molecule has 2 aromatic rings. The summed E-state index contributed by atoms with van der Waals surface area (Å²) < 4.78 is 37.9. The molecule has 4 amide bonds. The fourth-order valence-electron chi connectivity index (χ4n) is 4.43. The number of anilines is 1. The molecule has 1 fully saturated rings. The molecule has 2 N–H and O–H groups in total. The fourth-order valence-corrected chi connectivity index (χ4v) is 4.43. The Hall–Kier alpha value is -3.89. The van der Waals surface area contributed by atoms with Crippen molar-refractivity contribution in [3.05, 3.63) is 65.2 Å². The zero-order valence-electron chi connectivity index (χ0n) is 18.8. The van der Waals surface area contributed by atoms with Crippen LogP contribution in [0.25, 0.3) is 0 Å². The van der Waals surface area contributed by atoms with Crippen molar-refractivity contribution in [1.29, 1.82) is 0 Å². The Kier molecular flexibility index (Phi) is 6.27. The highest BCUT2D eigenvalue weighted by Gasteiger charge is 2.53. The van der Waals surface area contributed by atoms with Gasteiger partial charge in [-0.25, -0.2) is 0 Å². The van der Waals surface area contributed by atoms with Crippen LogP contribution in [0.15, 0.2) is 48.5 Å². The topological polar surface area (TPSA) is 98.8 Å². The summed E-state index contributed by atoms with van der Waals surface area (Å²) in [6.45, 7) is 1.55. The van der Waals surface area contributed by atoms with E-state index in [-0.39, 0.29) is 43.4 Å². The smallest absolute Gasteiger partial charge is 0.353 e. The molecule has 11 heteroatoms. The Morgan fingerprint density at radius 3 is 2.34 bits per heavy atom.